The Kier molecular flexibility index (Phi) is 4.90. The van der Waals surface area contributed by atoms with Crippen molar-refractivity contribution in [2.75, 3.05) is 32.1 Å². The van der Waals surface area contributed by atoms with Gasteiger partial charge in [-0.3, -0.25) is 19.3 Å². The largest absolute Gasteiger partial charge is 0.454 e. The Hall–Kier alpha value is -2.93. The number of nitriles is 1. The fourth-order valence-corrected chi connectivity index (χ4v) is 4.17. The molecular weight excluding hydrogens is 360 g/mol. The van der Waals surface area contributed by atoms with Gasteiger partial charge in [-0.05, 0) is 24.8 Å². The number of hydrogen-bond donors (Lipinski definition) is 1. The summed E-state index contributed by atoms with van der Waals surface area (Å²) in [4.78, 5) is 50.1. The molecule has 1 aromatic heterocycles. The highest BCUT2D eigenvalue weighted by atomic mass is 32.1. The minimum Gasteiger partial charge on any atom is -0.454 e. The molecule has 0 unspecified atom stereocenters. The van der Waals surface area contributed by atoms with Crippen LogP contribution in [0.3, 0.4) is 0 Å². The summed E-state index contributed by atoms with van der Waals surface area (Å²) in [7, 11) is 1.45. The van der Waals surface area contributed by atoms with Gasteiger partial charge >= 0.3 is 12.0 Å². The number of aryl methyl sites for hydroxylation is 1. The van der Waals surface area contributed by atoms with E-state index in [1.807, 2.05) is 0 Å². The van der Waals surface area contributed by atoms with E-state index in [2.05, 4.69) is 11.4 Å². The van der Waals surface area contributed by atoms with Gasteiger partial charge < -0.3 is 15.0 Å². The van der Waals surface area contributed by atoms with Gasteiger partial charge in [0.2, 0.25) is 0 Å². The monoisotopic (exact) mass is 376 g/mol. The highest BCUT2D eigenvalue weighted by Gasteiger charge is 2.35. The summed E-state index contributed by atoms with van der Waals surface area (Å²) in [5, 5.41) is 12.3. The van der Waals surface area contributed by atoms with E-state index in [0.717, 1.165) is 34.6 Å². The van der Waals surface area contributed by atoms with Crippen molar-refractivity contribution in [3.8, 4) is 6.07 Å². The molecule has 1 aliphatic carbocycles. The van der Waals surface area contributed by atoms with Crippen molar-refractivity contribution < 1.29 is 23.9 Å². The van der Waals surface area contributed by atoms with Crippen LogP contribution in [0.4, 0.5) is 9.80 Å². The molecule has 1 aliphatic heterocycles. The lowest BCUT2D eigenvalue weighted by atomic mass is 10.1. The minimum atomic E-state index is -0.855. The Morgan fingerprint density at radius 3 is 2.77 bits per heavy atom. The van der Waals surface area contributed by atoms with Crippen molar-refractivity contribution in [3.63, 3.8) is 0 Å². The quantitative estimate of drug-likeness (QED) is 0.590. The molecule has 0 atom stereocenters. The van der Waals surface area contributed by atoms with E-state index in [4.69, 9.17) is 4.74 Å². The zero-order valence-electron chi connectivity index (χ0n) is 14.0. The van der Waals surface area contributed by atoms with Crippen LogP contribution in [0.25, 0.3) is 0 Å². The van der Waals surface area contributed by atoms with Crippen LogP contribution in [-0.4, -0.2) is 60.4 Å². The van der Waals surface area contributed by atoms with Crippen LogP contribution in [0.1, 0.15) is 22.4 Å². The van der Waals surface area contributed by atoms with Crippen LogP contribution in [0.15, 0.2) is 0 Å². The highest BCUT2D eigenvalue weighted by Crippen LogP contribution is 2.38. The second-order valence-electron chi connectivity index (χ2n) is 6.00. The number of nitrogens with zero attached hydrogens (tertiary/aromatic N) is 3. The Balaban J connectivity index is 1.52. The number of carbonyl (C=O) groups is 4. The van der Waals surface area contributed by atoms with Gasteiger partial charge in [0, 0.05) is 11.9 Å². The zero-order valence-corrected chi connectivity index (χ0v) is 14.9. The molecule has 0 bridgehead atoms. The Bertz CT molecular complexity index is 840. The van der Waals surface area contributed by atoms with Crippen molar-refractivity contribution in [3.05, 3.63) is 16.0 Å². The van der Waals surface area contributed by atoms with Crippen molar-refractivity contribution >= 4 is 40.2 Å². The second-order valence-corrected chi connectivity index (χ2v) is 7.11. The molecule has 0 radical (unpaired) electrons. The highest BCUT2D eigenvalue weighted by molar-refractivity contribution is 7.16. The predicted molar refractivity (Wildman–Crippen MR) is 90.4 cm³/mol. The maximum absolute atomic E-state index is 12.0. The number of amides is 4. The molecule has 3 rings (SSSR count). The third kappa shape index (κ3) is 3.39. The first kappa shape index (κ1) is 17.9. The van der Waals surface area contributed by atoms with Crippen LogP contribution >= 0.6 is 11.3 Å². The van der Waals surface area contributed by atoms with Gasteiger partial charge in [0.1, 0.15) is 24.2 Å². The average molecular weight is 376 g/mol. The van der Waals surface area contributed by atoms with Gasteiger partial charge in [-0.1, -0.05) is 0 Å². The molecule has 10 heteroatoms. The first-order chi connectivity index (χ1) is 12.4. The topological polar surface area (TPSA) is 120 Å². The van der Waals surface area contributed by atoms with Gasteiger partial charge in [-0.15, -0.1) is 11.3 Å². The predicted octanol–water partition coefficient (Wildman–Crippen LogP) is 0.484. The number of imide groups is 1. The number of esters is 1. The number of likely N-dealkylation sites (N-methyl/N-ethyl adjacent to an activating group) is 1. The molecule has 0 saturated carbocycles. The standard InChI is InChI=1S/C16H16N4O5S/c1-19-6-13(22)20(16(19)24)7-14(23)25-8-12(21)18-15-10(5-17)9-3-2-4-11(9)26-15/h2-4,6-8H2,1H3,(H,18,21). The van der Waals surface area contributed by atoms with E-state index in [9.17, 15) is 24.4 Å². The average Bonchev–Trinajstić information content (AvgIpc) is 3.23. The summed E-state index contributed by atoms with van der Waals surface area (Å²) in [5.41, 5.74) is 1.46. The lowest BCUT2D eigenvalue weighted by Gasteiger charge is -2.13. The molecule has 136 valence electrons. The summed E-state index contributed by atoms with van der Waals surface area (Å²) in [6.45, 7) is -1.18. The number of fused-ring (bicyclic) bond motifs is 1. The van der Waals surface area contributed by atoms with Gasteiger partial charge in [-0.2, -0.15) is 5.26 Å². The van der Waals surface area contributed by atoms with E-state index < -0.39 is 37.0 Å². The molecule has 1 aromatic rings. The molecule has 4 amide bonds. The van der Waals surface area contributed by atoms with Gasteiger partial charge in [0.25, 0.3) is 11.8 Å². The van der Waals surface area contributed by atoms with Crippen LogP contribution in [0, 0.1) is 11.3 Å². The molecule has 0 aromatic carbocycles. The molecule has 1 N–H and O–H groups in total. The third-order valence-corrected chi connectivity index (χ3v) is 5.38. The van der Waals surface area contributed by atoms with E-state index >= 15 is 0 Å². The molecule has 26 heavy (non-hydrogen) atoms. The summed E-state index contributed by atoms with van der Waals surface area (Å²) in [6, 6.07) is 1.53. The fraction of sp³-hybridized carbons (Fsp3) is 0.438. The lowest BCUT2D eigenvalue weighted by molar-refractivity contribution is -0.149. The number of carbonyl (C=O) groups excluding carboxylic acids is 4. The summed E-state index contributed by atoms with van der Waals surface area (Å²) in [6.07, 6.45) is 2.72. The number of hydrogen-bond acceptors (Lipinski definition) is 7. The summed E-state index contributed by atoms with van der Waals surface area (Å²) < 4.78 is 4.83. The number of rotatable bonds is 5. The van der Waals surface area contributed by atoms with Crippen LogP contribution in [0.2, 0.25) is 0 Å². The Morgan fingerprint density at radius 1 is 1.35 bits per heavy atom. The number of thiophene rings is 1. The minimum absolute atomic E-state index is 0.0907. The van der Waals surface area contributed by atoms with Crippen molar-refractivity contribution in [2.24, 2.45) is 0 Å². The third-order valence-electron chi connectivity index (χ3n) is 4.17. The zero-order chi connectivity index (χ0) is 18.8. The van der Waals surface area contributed by atoms with Gasteiger partial charge in [0.05, 0.1) is 5.56 Å². The van der Waals surface area contributed by atoms with E-state index in [1.165, 1.54) is 23.3 Å². The first-order valence-corrected chi connectivity index (χ1v) is 8.78. The summed E-state index contributed by atoms with van der Waals surface area (Å²) in [5.74, 6) is -1.93. The van der Waals surface area contributed by atoms with Crippen molar-refractivity contribution in [2.45, 2.75) is 19.3 Å². The maximum Gasteiger partial charge on any atom is 0.327 e. The molecule has 2 aliphatic rings. The second kappa shape index (κ2) is 7.13. The maximum atomic E-state index is 12.0. The van der Waals surface area contributed by atoms with E-state index in [-0.39, 0.29) is 6.54 Å². The molecule has 1 fully saturated rings. The number of urea groups is 1. The summed E-state index contributed by atoms with van der Waals surface area (Å²) >= 11 is 1.36. The van der Waals surface area contributed by atoms with Crippen LogP contribution < -0.4 is 5.32 Å². The van der Waals surface area contributed by atoms with Gasteiger partial charge in [-0.25, -0.2) is 4.79 Å². The Morgan fingerprint density at radius 2 is 2.12 bits per heavy atom. The lowest BCUT2D eigenvalue weighted by Crippen LogP contribution is -2.37. The van der Waals surface area contributed by atoms with E-state index in [0.29, 0.717) is 10.6 Å². The number of ether oxygens (including phenoxy) is 1. The smallest absolute Gasteiger partial charge is 0.327 e. The van der Waals surface area contributed by atoms with Gasteiger partial charge in [0.15, 0.2) is 6.61 Å². The van der Waals surface area contributed by atoms with Crippen molar-refractivity contribution in [1.29, 1.82) is 5.26 Å². The fourth-order valence-electron chi connectivity index (χ4n) is 2.92. The number of nitrogens with one attached hydrogen (secondary N) is 1. The number of anilines is 1. The molecule has 9 nitrogen and oxygen atoms in total. The van der Waals surface area contributed by atoms with Crippen molar-refractivity contribution in [1.82, 2.24) is 9.80 Å². The van der Waals surface area contributed by atoms with Crippen LogP contribution in [0.5, 0.6) is 0 Å². The SMILES string of the molecule is CN1CC(=O)N(CC(=O)OCC(=O)Nc2sc3c(c2C#N)CCC3)C1=O. The molecular formula is C16H16N4O5S. The first-order valence-electron chi connectivity index (χ1n) is 7.96. The molecule has 0 spiro atoms. The Labute approximate surface area is 153 Å². The normalized spacial score (nSPS) is 15.8. The van der Waals surface area contributed by atoms with Crippen LogP contribution in [-0.2, 0) is 32.0 Å². The van der Waals surface area contributed by atoms with E-state index in [1.54, 1.807) is 0 Å². The molecule has 1 saturated heterocycles. The molecule has 2 heterocycles.